The van der Waals surface area contributed by atoms with Crippen LogP contribution < -0.4 is 25.3 Å². The van der Waals surface area contributed by atoms with Crippen molar-refractivity contribution in [2.75, 3.05) is 80.1 Å². The summed E-state index contributed by atoms with van der Waals surface area (Å²) in [6, 6.07) is 10.7. The van der Waals surface area contributed by atoms with Gasteiger partial charge in [-0.25, -0.2) is 19.4 Å². The van der Waals surface area contributed by atoms with Crippen LogP contribution in [0.15, 0.2) is 55.4 Å². The summed E-state index contributed by atoms with van der Waals surface area (Å²) < 4.78 is 20.8. The van der Waals surface area contributed by atoms with E-state index in [4.69, 9.17) is 21.2 Å². The molecule has 7 rings (SSSR count). The van der Waals surface area contributed by atoms with E-state index in [1.165, 1.54) is 50.9 Å². The Balaban J connectivity index is 1.07. The molecular weight excluding hydrogens is 647 g/mol. The van der Waals surface area contributed by atoms with E-state index in [0.29, 0.717) is 53.4 Å². The van der Waals surface area contributed by atoms with Crippen molar-refractivity contribution in [3.05, 3.63) is 71.8 Å². The van der Waals surface area contributed by atoms with Gasteiger partial charge in [0.25, 0.3) is 0 Å². The van der Waals surface area contributed by atoms with Gasteiger partial charge in [0.2, 0.25) is 5.91 Å². The molecule has 0 bridgehead atoms. The van der Waals surface area contributed by atoms with Crippen molar-refractivity contribution < 1.29 is 18.8 Å². The first-order valence-corrected chi connectivity index (χ1v) is 17.6. The van der Waals surface area contributed by atoms with Crippen LogP contribution in [0.1, 0.15) is 43.7 Å². The second-order valence-corrected chi connectivity index (χ2v) is 13.7. The summed E-state index contributed by atoms with van der Waals surface area (Å²) in [5, 5.41) is 7.99. The molecule has 1 amide bonds. The number of benzene rings is 2. The third-order valence-corrected chi connectivity index (χ3v) is 10.4. The molecule has 1 aliphatic carbocycles. The van der Waals surface area contributed by atoms with Crippen LogP contribution >= 0.6 is 11.6 Å². The summed E-state index contributed by atoms with van der Waals surface area (Å²) in [5.74, 6) is 1.69. The first kappa shape index (κ1) is 33.5. The predicted octanol–water partition coefficient (Wildman–Crippen LogP) is 6.03. The number of piperidine rings is 1. The van der Waals surface area contributed by atoms with Gasteiger partial charge in [-0.2, -0.15) is 0 Å². The fourth-order valence-corrected chi connectivity index (χ4v) is 7.44. The first-order chi connectivity index (χ1) is 23.9. The molecule has 1 unspecified atom stereocenters. The number of ether oxygens (including phenoxy) is 1. The van der Waals surface area contributed by atoms with E-state index in [1.54, 1.807) is 30.4 Å². The minimum atomic E-state index is -0.470. The molecule has 3 aromatic rings. The Labute approximate surface area is 292 Å². The number of rotatable bonds is 11. The van der Waals surface area contributed by atoms with Gasteiger partial charge in [0.1, 0.15) is 23.7 Å². The molecule has 1 aromatic heterocycles. The molecule has 4 fully saturated rings. The van der Waals surface area contributed by atoms with Gasteiger partial charge in [-0.3, -0.25) is 14.5 Å². The van der Waals surface area contributed by atoms with Crippen LogP contribution in [-0.2, 0) is 9.63 Å². The number of anilines is 5. The molecule has 11 nitrogen and oxygen atoms in total. The molecule has 2 aromatic carbocycles. The Hall–Kier alpha value is -3.97. The molecule has 2 N–H and O–H groups in total. The lowest BCUT2D eigenvalue weighted by Crippen LogP contribution is -2.53. The van der Waals surface area contributed by atoms with Gasteiger partial charge in [0, 0.05) is 76.0 Å². The van der Waals surface area contributed by atoms with Crippen molar-refractivity contribution in [3.8, 4) is 5.75 Å². The number of halogens is 2. The molecule has 1 saturated carbocycles. The number of nitrogens with zero attached hydrogens (tertiary/aromatic N) is 6. The summed E-state index contributed by atoms with van der Waals surface area (Å²) in [6.45, 7) is 11.7. The molecule has 0 spiro atoms. The normalized spacial score (nSPS) is 20.8. The number of aromatic nitrogens is 2. The number of carbonyl (C=O) groups excluding carboxylic acids is 1. The van der Waals surface area contributed by atoms with Gasteiger partial charge >= 0.3 is 0 Å². The van der Waals surface area contributed by atoms with E-state index in [2.05, 4.69) is 41.9 Å². The van der Waals surface area contributed by atoms with E-state index >= 15 is 0 Å². The van der Waals surface area contributed by atoms with Crippen molar-refractivity contribution in [3.63, 3.8) is 0 Å². The minimum Gasteiger partial charge on any atom is -0.494 e. The number of amides is 1. The first-order valence-electron chi connectivity index (χ1n) is 17.2. The molecule has 49 heavy (non-hydrogen) atoms. The SMILES string of the molecule is C=CC(=O)Nc1cc(Nc2cc(N3OCCC3c3cccc(Cl)c3F)ncn2)c(OC)cc1N1CCC(N2CCN(CC3CC3)CC2)CC1. The summed E-state index contributed by atoms with van der Waals surface area (Å²) in [6.07, 6.45) is 8.18. The summed E-state index contributed by atoms with van der Waals surface area (Å²) in [4.78, 5) is 35.0. The zero-order valence-corrected chi connectivity index (χ0v) is 28.7. The van der Waals surface area contributed by atoms with Gasteiger partial charge < -0.3 is 25.2 Å². The smallest absolute Gasteiger partial charge is 0.247 e. The summed E-state index contributed by atoms with van der Waals surface area (Å²) >= 11 is 6.08. The average Bonchev–Trinajstić information content (AvgIpc) is 3.81. The summed E-state index contributed by atoms with van der Waals surface area (Å²) in [5.41, 5.74) is 2.59. The monoisotopic (exact) mass is 690 g/mol. The van der Waals surface area contributed by atoms with Gasteiger partial charge in [0.05, 0.1) is 41.8 Å². The van der Waals surface area contributed by atoms with Crippen LogP contribution in [0, 0.1) is 11.7 Å². The molecule has 0 radical (unpaired) electrons. The number of nitrogens with one attached hydrogen (secondary N) is 2. The molecule has 13 heteroatoms. The highest BCUT2D eigenvalue weighted by Gasteiger charge is 2.33. The predicted molar refractivity (Wildman–Crippen MR) is 190 cm³/mol. The van der Waals surface area contributed by atoms with E-state index < -0.39 is 11.9 Å². The van der Waals surface area contributed by atoms with Gasteiger partial charge in [-0.15, -0.1) is 0 Å². The van der Waals surface area contributed by atoms with Gasteiger partial charge in [-0.05, 0) is 49.8 Å². The zero-order chi connectivity index (χ0) is 33.9. The Morgan fingerprint density at radius 2 is 1.86 bits per heavy atom. The maximum Gasteiger partial charge on any atom is 0.247 e. The number of hydroxylamine groups is 1. The third kappa shape index (κ3) is 7.62. The number of hydrogen-bond acceptors (Lipinski definition) is 10. The van der Waals surface area contributed by atoms with Crippen molar-refractivity contribution in [1.29, 1.82) is 0 Å². The van der Waals surface area contributed by atoms with Crippen LogP contribution in [0.25, 0.3) is 0 Å². The van der Waals surface area contributed by atoms with Crippen LogP contribution in [-0.4, -0.2) is 91.2 Å². The molecule has 1 atom stereocenters. The number of hydrogen-bond donors (Lipinski definition) is 2. The quantitative estimate of drug-likeness (QED) is 0.232. The largest absolute Gasteiger partial charge is 0.494 e. The lowest BCUT2D eigenvalue weighted by atomic mass is 10.0. The maximum atomic E-state index is 15.0. The van der Waals surface area contributed by atoms with E-state index in [0.717, 1.165) is 50.6 Å². The lowest BCUT2D eigenvalue weighted by Gasteiger charge is -2.43. The fraction of sp³-hybridized carbons (Fsp3) is 0.472. The Kier molecular flexibility index (Phi) is 10.2. The lowest BCUT2D eigenvalue weighted by molar-refractivity contribution is -0.111. The number of methoxy groups -OCH3 is 1. The van der Waals surface area contributed by atoms with Crippen molar-refractivity contribution >= 4 is 46.2 Å². The number of carbonyl (C=O) groups is 1. The second-order valence-electron chi connectivity index (χ2n) is 13.3. The van der Waals surface area contributed by atoms with Crippen LogP contribution in [0.3, 0.4) is 0 Å². The van der Waals surface area contributed by atoms with Crippen molar-refractivity contribution in [2.24, 2.45) is 5.92 Å². The third-order valence-electron chi connectivity index (χ3n) is 10.1. The Morgan fingerprint density at radius 3 is 2.59 bits per heavy atom. The zero-order valence-electron chi connectivity index (χ0n) is 27.9. The fourth-order valence-electron chi connectivity index (χ4n) is 7.26. The Morgan fingerprint density at radius 1 is 1.06 bits per heavy atom. The van der Waals surface area contributed by atoms with Crippen LogP contribution in [0.2, 0.25) is 5.02 Å². The molecular formula is C36H44ClFN8O3. The highest BCUT2D eigenvalue weighted by Crippen LogP contribution is 2.41. The molecule has 4 heterocycles. The van der Waals surface area contributed by atoms with Crippen LogP contribution in [0.4, 0.5) is 33.1 Å². The van der Waals surface area contributed by atoms with E-state index in [1.807, 2.05) is 12.1 Å². The molecule has 260 valence electrons. The van der Waals surface area contributed by atoms with Gasteiger partial charge in [0.15, 0.2) is 5.82 Å². The van der Waals surface area contributed by atoms with Crippen molar-refractivity contribution in [1.82, 2.24) is 19.8 Å². The molecule has 3 aliphatic heterocycles. The molecule has 3 saturated heterocycles. The highest BCUT2D eigenvalue weighted by molar-refractivity contribution is 6.30. The van der Waals surface area contributed by atoms with E-state index in [9.17, 15) is 9.18 Å². The number of piperazine rings is 1. The van der Waals surface area contributed by atoms with Gasteiger partial charge in [-0.1, -0.05) is 30.3 Å². The topological polar surface area (TPSA) is 98.3 Å². The minimum absolute atomic E-state index is 0.0612. The molecule has 4 aliphatic rings. The average molecular weight is 691 g/mol. The maximum absolute atomic E-state index is 15.0. The highest BCUT2D eigenvalue weighted by atomic mass is 35.5. The second kappa shape index (κ2) is 14.9. The van der Waals surface area contributed by atoms with Crippen LogP contribution in [0.5, 0.6) is 5.75 Å². The van der Waals surface area contributed by atoms with Crippen molar-refractivity contribution in [2.45, 2.75) is 44.2 Å². The Bertz CT molecular complexity index is 1660. The van der Waals surface area contributed by atoms with E-state index in [-0.39, 0.29) is 10.9 Å². The standard InChI is InChI=1S/C36H44ClFN8O3/c1-3-35(47)42-28-19-29(41-33-21-34(40-23-39-33)46-30(11-18-49-46)26-5-4-6-27(37)36(26)38)32(48-2)20-31(28)45-12-9-25(10-13-45)44-16-14-43(15-17-44)22-24-7-8-24/h3-6,19-21,23-25,30H,1,7-18,22H2,2H3,(H,42,47)(H,39,40,41). The summed E-state index contributed by atoms with van der Waals surface area (Å²) in [7, 11) is 1.62.